The molecule has 1 atom stereocenters. The predicted octanol–water partition coefficient (Wildman–Crippen LogP) is 0.715. The lowest BCUT2D eigenvalue weighted by Gasteiger charge is -2.25. The topological polar surface area (TPSA) is 67.4 Å². The predicted molar refractivity (Wildman–Crippen MR) is 56.4 cm³/mol. The van der Waals surface area contributed by atoms with Gasteiger partial charge in [0.2, 0.25) is 5.72 Å². The van der Waals surface area contributed by atoms with Gasteiger partial charge in [-0.15, -0.1) is 0 Å². The lowest BCUT2D eigenvalue weighted by molar-refractivity contribution is -0.145. The molecule has 1 saturated heterocycles. The minimum atomic E-state index is -1.38. The molecule has 84 valence electrons. The molecule has 0 bridgehead atoms. The fourth-order valence-electron chi connectivity index (χ4n) is 1.72. The maximum Gasteiger partial charge on any atom is 0.324 e. The molecule has 5 nitrogen and oxygen atoms in total. The van der Waals surface area contributed by atoms with Gasteiger partial charge in [0, 0.05) is 12.2 Å². The van der Waals surface area contributed by atoms with E-state index < -0.39 is 17.7 Å². The van der Waals surface area contributed by atoms with Crippen LogP contribution in [-0.2, 0) is 15.3 Å². The summed E-state index contributed by atoms with van der Waals surface area (Å²) in [5.41, 5.74) is -0.771. The molecule has 2 N–H and O–H groups in total. The third kappa shape index (κ3) is 1.55. The summed E-state index contributed by atoms with van der Waals surface area (Å²) in [6, 6.07) is 8.34. The molecular formula is C11H12N2O3. The van der Waals surface area contributed by atoms with Gasteiger partial charge in [-0.3, -0.25) is 15.4 Å². The van der Waals surface area contributed by atoms with Crippen molar-refractivity contribution in [3.63, 3.8) is 0 Å². The Labute approximate surface area is 92.8 Å². The molecule has 0 aromatic heterocycles. The van der Waals surface area contributed by atoms with E-state index in [0.29, 0.717) is 12.2 Å². The number of rotatable bonds is 3. The monoisotopic (exact) mass is 220 g/mol. The fraction of sp³-hybridized carbons (Fsp3) is 0.273. The Balaban J connectivity index is 2.44. The van der Waals surface area contributed by atoms with Gasteiger partial charge in [-0.25, -0.2) is 4.79 Å². The highest BCUT2D eigenvalue weighted by Crippen LogP contribution is 2.25. The van der Waals surface area contributed by atoms with Crippen molar-refractivity contribution in [2.75, 3.05) is 6.61 Å². The molecule has 2 rings (SSSR count). The summed E-state index contributed by atoms with van der Waals surface area (Å²) in [7, 11) is 0. The Hall–Kier alpha value is -1.88. The molecule has 16 heavy (non-hydrogen) atoms. The molecule has 0 saturated carbocycles. The number of amides is 3. The molecule has 5 heteroatoms. The van der Waals surface area contributed by atoms with Crippen LogP contribution >= 0.6 is 0 Å². The minimum Gasteiger partial charge on any atom is -0.344 e. The number of imide groups is 1. The molecule has 0 spiro atoms. The molecule has 1 heterocycles. The van der Waals surface area contributed by atoms with Crippen molar-refractivity contribution in [3.05, 3.63) is 35.9 Å². The van der Waals surface area contributed by atoms with Gasteiger partial charge in [0.15, 0.2) is 0 Å². The third-order valence-electron chi connectivity index (χ3n) is 2.38. The number of hydrogen-bond donors (Lipinski definition) is 2. The Kier molecular flexibility index (Phi) is 2.62. The van der Waals surface area contributed by atoms with Gasteiger partial charge in [-0.05, 0) is 6.92 Å². The molecule has 1 fully saturated rings. The number of carbonyl (C=O) groups is 2. The van der Waals surface area contributed by atoms with Gasteiger partial charge < -0.3 is 4.74 Å². The van der Waals surface area contributed by atoms with Crippen molar-refractivity contribution in [1.82, 2.24) is 10.6 Å². The molecule has 0 radical (unpaired) electrons. The second kappa shape index (κ2) is 3.94. The highest BCUT2D eigenvalue weighted by atomic mass is 16.5. The number of hydrogen-bond acceptors (Lipinski definition) is 3. The van der Waals surface area contributed by atoms with Crippen molar-refractivity contribution in [2.24, 2.45) is 0 Å². The Bertz CT molecular complexity index is 418. The van der Waals surface area contributed by atoms with Crippen LogP contribution in [0.4, 0.5) is 4.79 Å². The van der Waals surface area contributed by atoms with E-state index in [1.54, 1.807) is 31.2 Å². The van der Waals surface area contributed by atoms with Gasteiger partial charge in [0.05, 0.1) is 0 Å². The van der Waals surface area contributed by atoms with Crippen LogP contribution in [0.15, 0.2) is 30.3 Å². The van der Waals surface area contributed by atoms with E-state index in [1.165, 1.54) is 0 Å². The highest BCUT2D eigenvalue weighted by Gasteiger charge is 2.48. The van der Waals surface area contributed by atoms with Gasteiger partial charge in [-0.1, -0.05) is 30.3 Å². The number of carbonyl (C=O) groups excluding carboxylic acids is 2. The van der Waals surface area contributed by atoms with Crippen molar-refractivity contribution >= 4 is 11.9 Å². The summed E-state index contributed by atoms with van der Waals surface area (Å²) in [6.07, 6.45) is 0. The summed E-state index contributed by atoms with van der Waals surface area (Å²) in [4.78, 5) is 23.0. The maximum atomic E-state index is 11.8. The van der Waals surface area contributed by atoms with Gasteiger partial charge in [-0.2, -0.15) is 0 Å². The first-order valence-corrected chi connectivity index (χ1v) is 5.02. The summed E-state index contributed by atoms with van der Waals surface area (Å²) in [5.74, 6) is -0.481. The smallest absolute Gasteiger partial charge is 0.324 e. The number of urea groups is 1. The average Bonchev–Trinajstić information content (AvgIpc) is 2.57. The number of benzene rings is 1. The molecular weight excluding hydrogens is 208 g/mol. The number of nitrogens with one attached hydrogen (secondary N) is 2. The molecule has 1 aliphatic heterocycles. The van der Waals surface area contributed by atoms with Crippen molar-refractivity contribution in [1.29, 1.82) is 0 Å². The van der Waals surface area contributed by atoms with Crippen LogP contribution in [0.2, 0.25) is 0 Å². The Morgan fingerprint density at radius 1 is 1.25 bits per heavy atom. The standard InChI is InChI=1S/C11H12N2O3/c1-2-16-11(8-6-4-3-5-7-8)9(14)12-10(15)13-11/h3-7H,2H2,1H3,(H2,12,13,14,15). The summed E-state index contributed by atoms with van der Waals surface area (Å²) < 4.78 is 5.42. The van der Waals surface area contributed by atoms with Crippen LogP contribution in [0, 0.1) is 0 Å². The van der Waals surface area contributed by atoms with E-state index in [0.717, 1.165) is 0 Å². The molecule has 1 unspecified atom stereocenters. The first-order chi connectivity index (χ1) is 7.69. The van der Waals surface area contributed by atoms with E-state index in [9.17, 15) is 9.59 Å². The van der Waals surface area contributed by atoms with Crippen LogP contribution in [0.25, 0.3) is 0 Å². The van der Waals surface area contributed by atoms with E-state index in [2.05, 4.69) is 10.6 Å². The SMILES string of the molecule is CCOC1(c2ccccc2)NC(=O)NC1=O. The second-order valence-corrected chi connectivity index (χ2v) is 3.39. The normalized spacial score (nSPS) is 24.1. The van der Waals surface area contributed by atoms with E-state index in [1.807, 2.05) is 6.07 Å². The van der Waals surface area contributed by atoms with Gasteiger partial charge in [0.1, 0.15) is 0 Å². The Morgan fingerprint density at radius 3 is 2.44 bits per heavy atom. The fourth-order valence-corrected chi connectivity index (χ4v) is 1.72. The van der Waals surface area contributed by atoms with Crippen LogP contribution < -0.4 is 10.6 Å². The van der Waals surface area contributed by atoms with E-state index in [-0.39, 0.29) is 0 Å². The molecule has 3 amide bonds. The zero-order chi connectivity index (χ0) is 11.6. The molecule has 1 aliphatic rings. The minimum absolute atomic E-state index is 0.322. The highest BCUT2D eigenvalue weighted by molar-refractivity contribution is 6.06. The zero-order valence-electron chi connectivity index (χ0n) is 8.82. The number of ether oxygens (including phenoxy) is 1. The van der Waals surface area contributed by atoms with Crippen molar-refractivity contribution in [2.45, 2.75) is 12.6 Å². The average molecular weight is 220 g/mol. The lowest BCUT2D eigenvalue weighted by atomic mass is 10.0. The molecule has 1 aromatic carbocycles. The summed E-state index contributed by atoms with van der Waals surface area (Å²) in [6.45, 7) is 2.09. The largest absolute Gasteiger partial charge is 0.344 e. The van der Waals surface area contributed by atoms with Crippen molar-refractivity contribution in [3.8, 4) is 0 Å². The zero-order valence-corrected chi connectivity index (χ0v) is 8.82. The summed E-state index contributed by atoms with van der Waals surface area (Å²) in [5, 5.41) is 4.69. The van der Waals surface area contributed by atoms with Gasteiger partial charge in [0.25, 0.3) is 5.91 Å². The van der Waals surface area contributed by atoms with Gasteiger partial charge >= 0.3 is 6.03 Å². The summed E-state index contributed by atoms with van der Waals surface area (Å²) >= 11 is 0. The van der Waals surface area contributed by atoms with Crippen molar-refractivity contribution < 1.29 is 14.3 Å². The van der Waals surface area contributed by atoms with Crippen LogP contribution in [0.5, 0.6) is 0 Å². The van der Waals surface area contributed by atoms with Crippen LogP contribution in [0.1, 0.15) is 12.5 Å². The molecule has 1 aromatic rings. The third-order valence-corrected chi connectivity index (χ3v) is 2.38. The first-order valence-electron chi connectivity index (χ1n) is 5.02. The van der Waals surface area contributed by atoms with E-state index in [4.69, 9.17) is 4.74 Å². The second-order valence-electron chi connectivity index (χ2n) is 3.39. The quantitative estimate of drug-likeness (QED) is 0.737. The molecule has 0 aliphatic carbocycles. The lowest BCUT2D eigenvalue weighted by Crippen LogP contribution is -2.46. The van der Waals surface area contributed by atoms with E-state index >= 15 is 0 Å². The van der Waals surface area contributed by atoms with Crippen LogP contribution in [0.3, 0.4) is 0 Å². The van der Waals surface area contributed by atoms with Crippen LogP contribution in [-0.4, -0.2) is 18.5 Å². The Morgan fingerprint density at radius 2 is 1.94 bits per heavy atom. The maximum absolute atomic E-state index is 11.8. The first kappa shape index (κ1) is 10.6.